The van der Waals surface area contributed by atoms with Crippen LogP contribution >= 0.6 is 0 Å². The van der Waals surface area contributed by atoms with Crippen LogP contribution in [0.3, 0.4) is 0 Å². The Bertz CT molecular complexity index is 1010. The molecule has 0 bridgehead atoms. The van der Waals surface area contributed by atoms with Crippen molar-refractivity contribution in [1.82, 2.24) is 15.0 Å². The molecule has 6 nitrogen and oxygen atoms in total. The molecule has 0 radical (unpaired) electrons. The van der Waals surface area contributed by atoms with Crippen LogP contribution in [-0.4, -0.2) is 42.1 Å². The van der Waals surface area contributed by atoms with Gasteiger partial charge in [0.25, 0.3) is 0 Å². The van der Waals surface area contributed by atoms with Crippen LogP contribution in [0.4, 0.5) is 23.1 Å². The van der Waals surface area contributed by atoms with E-state index in [2.05, 4.69) is 77.3 Å². The SMILES string of the molecule is Cc1cc(C)c(N(C)C)cc1Nc1ccnc(N2CCC(Cc3ccncc3)CC2)n1. The Hall–Kier alpha value is -3.15. The zero-order valence-electron chi connectivity index (χ0n) is 19.0. The maximum atomic E-state index is 4.82. The van der Waals surface area contributed by atoms with Gasteiger partial charge in [-0.1, -0.05) is 6.07 Å². The highest BCUT2D eigenvalue weighted by atomic mass is 15.3. The van der Waals surface area contributed by atoms with E-state index in [9.17, 15) is 0 Å². The Labute approximate surface area is 185 Å². The number of benzene rings is 1. The van der Waals surface area contributed by atoms with Crippen molar-refractivity contribution in [3.8, 4) is 0 Å². The third kappa shape index (κ3) is 5.13. The average Bonchev–Trinajstić information content (AvgIpc) is 2.77. The van der Waals surface area contributed by atoms with Gasteiger partial charge in [0.15, 0.2) is 0 Å². The maximum Gasteiger partial charge on any atom is 0.227 e. The first-order chi connectivity index (χ1) is 15.0. The molecule has 0 aliphatic carbocycles. The average molecular weight is 417 g/mol. The standard InChI is InChI=1S/C25H32N6/c1-18-15-19(2)23(30(3)4)17-22(18)28-24-7-12-27-25(29-24)31-13-8-21(9-14-31)16-20-5-10-26-11-6-20/h5-7,10-12,15,17,21H,8-9,13-14,16H2,1-4H3,(H,27,28,29). The van der Waals surface area contributed by atoms with E-state index in [-0.39, 0.29) is 0 Å². The minimum Gasteiger partial charge on any atom is -0.377 e. The summed E-state index contributed by atoms with van der Waals surface area (Å²) in [6.07, 6.45) is 9.06. The molecule has 0 saturated carbocycles. The first kappa shape index (κ1) is 21.1. The third-order valence-corrected chi connectivity index (χ3v) is 6.10. The fraction of sp³-hybridized carbons (Fsp3) is 0.400. The smallest absolute Gasteiger partial charge is 0.227 e. The number of aryl methyl sites for hydroxylation is 2. The highest BCUT2D eigenvalue weighted by Crippen LogP contribution is 2.29. The molecule has 1 aliphatic rings. The predicted molar refractivity (Wildman–Crippen MR) is 128 cm³/mol. The Morgan fingerprint density at radius 2 is 1.74 bits per heavy atom. The maximum absolute atomic E-state index is 4.82. The van der Waals surface area contributed by atoms with Crippen molar-refractivity contribution in [3.63, 3.8) is 0 Å². The van der Waals surface area contributed by atoms with Crippen LogP contribution in [-0.2, 0) is 6.42 Å². The minimum atomic E-state index is 0.708. The molecule has 2 aromatic heterocycles. The summed E-state index contributed by atoms with van der Waals surface area (Å²) >= 11 is 0. The van der Waals surface area contributed by atoms with Crippen molar-refractivity contribution in [2.75, 3.05) is 42.3 Å². The lowest BCUT2D eigenvalue weighted by atomic mass is 9.90. The topological polar surface area (TPSA) is 57.2 Å². The van der Waals surface area contributed by atoms with Crippen LogP contribution in [0, 0.1) is 19.8 Å². The Morgan fingerprint density at radius 3 is 2.45 bits per heavy atom. The highest BCUT2D eigenvalue weighted by Gasteiger charge is 2.21. The van der Waals surface area contributed by atoms with Gasteiger partial charge in [-0.05, 0) is 80.0 Å². The molecular weight excluding hydrogens is 384 g/mol. The zero-order chi connectivity index (χ0) is 21.8. The molecule has 0 spiro atoms. The summed E-state index contributed by atoms with van der Waals surface area (Å²) < 4.78 is 0. The molecule has 162 valence electrons. The van der Waals surface area contributed by atoms with Gasteiger partial charge in [0.05, 0.1) is 0 Å². The van der Waals surface area contributed by atoms with Crippen molar-refractivity contribution in [2.45, 2.75) is 33.1 Å². The van der Waals surface area contributed by atoms with Crippen LogP contribution in [0.2, 0.25) is 0 Å². The number of pyridine rings is 1. The number of anilines is 4. The number of aromatic nitrogens is 3. The number of piperidine rings is 1. The van der Waals surface area contributed by atoms with Crippen LogP contribution in [0.15, 0.2) is 48.9 Å². The quantitative estimate of drug-likeness (QED) is 0.625. The lowest BCUT2D eigenvalue weighted by Gasteiger charge is -2.32. The Balaban J connectivity index is 1.42. The molecule has 0 amide bonds. The molecule has 1 N–H and O–H groups in total. The highest BCUT2D eigenvalue weighted by molar-refractivity contribution is 5.69. The van der Waals surface area contributed by atoms with Crippen LogP contribution in [0.25, 0.3) is 0 Å². The second kappa shape index (κ2) is 9.33. The van der Waals surface area contributed by atoms with Gasteiger partial charge in [-0.3, -0.25) is 4.98 Å². The largest absolute Gasteiger partial charge is 0.377 e. The minimum absolute atomic E-state index is 0.708. The van der Waals surface area contributed by atoms with E-state index >= 15 is 0 Å². The molecule has 31 heavy (non-hydrogen) atoms. The van der Waals surface area contributed by atoms with Crippen molar-refractivity contribution >= 4 is 23.1 Å². The van der Waals surface area contributed by atoms with Crippen molar-refractivity contribution < 1.29 is 0 Å². The molecule has 1 fully saturated rings. The van der Waals surface area contributed by atoms with Gasteiger partial charge in [-0.2, -0.15) is 4.98 Å². The Kier molecular flexibility index (Phi) is 6.35. The summed E-state index contributed by atoms with van der Waals surface area (Å²) in [7, 11) is 4.14. The lowest BCUT2D eigenvalue weighted by molar-refractivity contribution is 0.400. The summed E-state index contributed by atoms with van der Waals surface area (Å²) in [5.74, 6) is 2.35. The van der Waals surface area contributed by atoms with E-state index < -0.39 is 0 Å². The van der Waals surface area contributed by atoms with Crippen molar-refractivity contribution in [1.29, 1.82) is 0 Å². The number of hydrogen-bond donors (Lipinski definition) is 1. The molecule has 1 aliphatic heterocycles. The van der Waals surface area contributed by atoms with Crippen LogP contribution in [0.1, 0.15) is 29.5 Å². The third-order valence-electron chi connectivity index (χ3n) is 6.10. The molecule has 0 atom stereocenters. The predicted octanol–water partition coefficient (Wildman–Crippen LogP) is 4.76. The van der Waals surface area contributed by atoms with Gasteiger partial charge in [0, 0.05) is 57.2 Å². The lowest BCUT2D eigenvalue weighted by Crippen LogP contribution is -2.35. The zero-order valence-corrected chi connectivity index (χ0v) is 19.0. The fourth-order valence-corrected chi connectivity index (χ4v) is 4.35. The summed E-state index contributed by atoms with van der Waals surface area (Å²) in [6.45, 7) is 6.26. The van der Waals surface area contributed by atoms with E-state index in [0.29, 0.717) is 5.92 Å². The molecule has 1 aromatic carbocycles. The normalized spacial score (nSPS) is 14.5. The Morgan fingerprint density at radius 1 is 1.00 bits per heavy atom. The van der Waals surface area contributed by atoms with E-state index in [1.165, 1.54) is 22.4 Å². The number of rotatable bonds is 6. The van der Waals surface area contributed by atoms with Crippen molar-refractivity contribution in [3.05, 3.63) is 65.6 Å². The number of nitrogens with zero attached hydrogens (tertiary/aromatic N) is 5. The molecule has 3 aromatic rings. The van der Waals surface area contributed by atoms with Crippen LogP contribution in [0.5, 0.6) is 0 Å². The summed E-state index contributed by atoms with van der Waals surface area (Å²) in [6, 6.07) is 10.6. The molecule has 3 heterocycles. The monoisotopic (exact) mass is 416 g/mol. The summed E-state index contributed by atoms with van der Waals surface area (Å²) in [4.78, 5) is 17.9. The van der Waals surface area contributed by atoms with Crippen molar-refractivity contribution in [2.24, 2.45) is 5.92 Å². The second-order valence-electron chi connectivity index (χ2n) is 8.70. The molecule has 6 heteroatoms. The van der Waals surface area contributed by atoms with Gasteiger partial charge in [0.2, 0.25) is 5.95 Å². The number of nitrogens with one attached hydrogen (secondary N) is 1. The number of hydrogen-bond acceptors (Lipinski definition) is 6. The first-order valence-corrected chi connectivity index (χ1v) is 11.0. The van der Waals surface area contributed by atoms with E-state index in [4.69, 9.17) is 4.98 Å². The second-order valence-corrected chi connectivity index (χ2v) is 8.70. The molecule has 0 unspecified atom stereocenters. The van der Waals surface area contributed by atoms with E-state index in [1.807, 2.05) is 24.7 Å². The fourth-order valence-electron chi connectivity index (χ4n) is 4.35. The van der Waals surface area contributed by atoms with E-state index in [1.54, 1.807) is 0 Å². The summed E-state index contributed by atoms with van der Waals surface area (Å²) in [5, 5.41) is 3.51. The van der Waals surface area contributed by atoms with Gasteiger partial charge in [-0.25, -0.2) is 4.98 Å². The van der Waals surface area contributed by atoms with Gasteiger partial charge < -0.3 is 15.1 Å². The first-order valence-electron chi connectivity index (χ1n) is 11.0. The van der Waals surface area contributed by atoms with Crippen LogP contribution < -0.4 is 15.1 Å². The van der Waals surface area contributed by atoms with E-state index in [0.717, 1.165) is 49.8 Å². The van der Waals surface area contributed by atoms with Gasteiger partial charge in [-0.15, -0.1) is 0 Å². The molecular formula is C25H32N6. The molecule has 1 saturated heterocycles. The van der Waals surface area contributed by atoms with Gasteiger partial charge in [0.1, 0.15) is 5.82 Å². The van der Waals surface area contributed by atoms with Gasteiger partial charge >= 0.3 is 0 Å². The summed E-state index contributed by atoms with van der Waals surface area (Å²) in [5.41, 5.74) is 6.14. The molecule has 4 rings (SSSR count).